The summed E-state index contributed by atoms with van der Waals surface area (Å²) >= 11 is 0. The minimum Gasteiger partial charge on any atom is -0.317 e. The Labute approximate surface area is 130 Å². The van der Waals surface area contributed by atoms with Gasteiger partial charge in [-0.05, 0) is 37.6 Å². The Morgan fingerprint density at radius 3 is 2.36 bits per heavy atom. The highest BCUT2D eigenvalue weighted by Gasteiger charge is 2.39. The van der Waals surface area contributed by atoms with Gasteiger partial charge in [-0.1, -0.05) is 26.5 Å². The Morgan fingerprint density at radius 2 is 1.91 bits per heavy atom. The van der Waals surface area contributed by atoms with Gasteiger partial charge >= 0.3 is 0 Å². The fourth-order valence-electron chi connectivity index (χ4n) is 2.96. The first-order valence-electron chi connectivity index (χ1n) is 7.10. The van der Waals surface area contributed by atoms with E-state index in [9.17, 15) is 18.4 Å². The van der Waals surface area contributed by atoms with Crippen LogP contribution in [0.2, 0.25) is 0 Å². The van der Waals surface area contributed by atoms with Gasteiger partial charge in [0.25, 0.3) is 5.92 Å². The van der Waals surface area contributed by atoms with Gasteiger partial charge in [-0.2, -0.15) is 5.26 Å². The van der Waals surface area contributed by atoms with Gasteiger partial charge in [0.15, 0.2) is 0 Å². The molecule has 1 aliphatic heterocycles. The molecule has 0 amide bonds. The summed E-state index contributed by atoms with van der Waals surface area (Å²) < 4.78 is 40.7. The van der Waals surface area contributed by atoms with E-state index in [1.54, 1.807) is 6.92 Å². The normalized spacial score (nSPS) is 18.9. The van der Waals surface area contributed by atoms with Crippen molar-refractivity contribution in [2.75, 3.05) is 13.1 Å². The van der Waals surface area contributed by atoms with Gasteiger partial charge in [0.1, 0.15) is 5.82 Å². The molecule has 0 spiro atoms. The molecule has 122 valence electrons. The maximum absolute atomic E-state index is 14.2. The van der Waals surface area contributed by atoms with E-state index in [-0.39, 0.29) is 18.9 Å². The number of alkyl halides is 2. The summed E-state index contributed by atoms with van der Waals surface area (Å²) in [5.41, 5.74) is -0.638. The highest BCUT2D eigenvalue weighted by molar-refractivity contribution is 5.32. The minimum absolute atomic E-state index is 0. The molecule has 1 aliphatic rings. The lowest BCUT2D eigenvalue weighted by Gasteiger charge is -2.37. The van der Waals surface area contributed by atoms with Crippen molar-refractivity contribution in [3.8, 4) is 6.07 Å². The van der Waals surface area contributed by atoms with Gasteiger partial charge in [-0.25, -0.2) is 13.2 Å². The molecule has 22 heavy (non-hydrogen) atoms. The van der Waals surface area contributed by atoms with Crippen molar-refractivity contribution in [3.63, 3.8) is 0 Å². The highest BCUT2D eigenvalue weighted by Crippen LogP contribution is 2.43. The number of benzene rings is 1. The average Bonchev–Trinajstić information content (AvgIpc) is 2.46. The molecule has 2 rings (SSSR count). The summed E-state index contributed by atoms with van der Waals surface area (Å²) in [6.45, 7) is 3.97. The van der Waals surface area contributed by atoms with Crippen molar-refractivity contribution in [2.24, 2.45) is 5.41 Å². The van der Waals surface area contributed by atoms with Crippen LogP contribution in [0.15, 0.2) is 18.2 Å². The fourth-order valence-corrected chi connectivity index (χ4v) is 2.96. The topological polar surface area (TPSA) is 35.8 Å². The van der Waals surface area contributed by atoms with E-state index in [2.05, 4.69) is 11.4 Å². The number of nitrogens with one attached hydrogen (secondary N) is 1. The van der Waals surface area contributed by atoms with Crippen molar-refractivity contribution in [2.45, 2.75) is 46.0 Å². The molecule has 0 aromatic heterocycles. The second-order valence-electron chi connectivity index (χ2n) is 5.86. The Balaban J connectivity index is 0.00000242. The first kappa shape index (κ1) is 18.5. The molecular formula is C17H23F3N2. The third kappa shape index (κ3) is 3.44. The molecule has 0 saturated carbocycles. The van der Waals surface area contributed by atoms with Crippen molar-refractivity contribution in [1.29, 1.82) is 5.26 Å². The van der Waals surface area contributed by atoms with Crippen molar-refractivity contribution >= 4 is 0 Å². The summed E-state index contributed by atoms with van der Waals surface area (Å²) in [5.74, 6) is -4.05. The van der Waals surface area contributed by atoms with Crippen LogP contribution < -0.4 is 5.32 Å². The van der Waals surface area contributed by atoms with Crippen molar-refractivity contribution < 1.29 is 13.2 Å². The van der Waals surface area contributed by atoms with E-state index in [1.165, 1.54) is 12.1 Å². The monoisotopic (exact) mass is 312 g/mol. The van der Waals surface area contributed by atoms with Crippen molar-refractivity contribution in [1.82, 2.24) is 5.32 Å². The number of nitrogens with zero attached hydrogens (tertiary/aromatic N) is 1. The van der Waals surface area contributed by atoms with Gasteiger partial charge < -0.3 is 5.32 Å². The average molecular weight is 312 g/mol. The van der Waals surface area contributed by atoms with Crippen LogP contribution in [-0.2, 0) is 5.92 Å². The van der Waals surface area contributed by atoms with Crippen LogP contribution in [0.3, 0.4) is 0 Å². The van der Waals surface area contributed by atoms with Crippen molar-refractivity contribution in [3.05, 3.63) is 35.1 Å². The number of piperidine rings is 1. The predicted octanol–water partition coefficient (Wildman–Crippen LogP) is 4.57. The molecule has 1 atom stereocenters. The molecule has 1 N–H and O–H groups in total. The lowest BCUT2D eigenvalue weighted by Crippen LogP contribution is -2.39. The highest BCUT2D eigenvalue weighted by atomic mass is 19.3. The minimum atomic E-state index is -3.07. The van der Waals surface area contributed by atoms with Crippen LogP contribution in [0, 0.1) is 22.6 Å². The number of halogens is 3. The van der Waals surface area contributed by atoms with E-state index in [0.717, 1.165) is 13.0 Å². The number of rotatable bonds is 3. The second-order valence-corrected chi connectivity index (χ2v) is 5.86. The first-order valence-corrected chi connectivity index (χ1v) is 7.10. The fraction of sp³-hybridized carbons (Fsp3) is 0.588. The molecule has 0 radical (unpaired) electrons. The maximum atomic E-state index is 14.2. The lowest BCUT2D eigenvalue weighted by molar-refractivity contribution is 0.0171. The van der Waals surface area contributed by atoms with E-state index >= 15 is 0 Å². The van der Waals surface area contributed by atoms with Crippen LogP contribution in [0.25, 0.3) is 0 Å². The Morgan fingerprint density at radius 1 is 1.32 bits per heavy atom. The van der Waals surface area contributed by atoms with Crippen LogP contribution in [-0.4, -0.2) is 13.1 Å². The third-order valence-corrected chi connectivity index (χ3v) is 4.52. The molecule has 1 heterocycles. The molecule has 1 aromatic carbocycles. The summed E-state index contributed by atoms with van der Waals surface area (Å²) in [5, 5.41) is 12.7. The zero-order chi connectivity index (χ0) is 15.7. The van der Waals surface area contributed by atoms with E-state index < -0.39 is 17.2 Å². The van der Waals surface area contributed by atoms with Crippen LogP contribution >= 0.6 is 0 Å². The Bertz CT molecular complexity index is 552. The van der Waals surface area contributed by atoms with Crippen LogP contribution in [0.1, 0.15) is 51.2 Å². The first-order chi connectivity index (χ1) is 9.80. The summed E-state index contributed by atoms with van der Waals surface area (Å²) in [4.78, 5) is 0. The number of nitriles is 1. The summed E-state index contributed by atoms with van der Waals surface area (Å²) in [7, 11) is 0. The molecule has 0 unspecified atom stereocenters. The Kier molecular flexibility index (Phi) is 5.64. The summed E-state index contributed by atoms with van der Waals surface area (Å²) in [6.07, 6.45) is 1.27. The molecule has 1 aromatic rings. The molecule has 1 fully saturated rings. The zero-order valence-corrected chi connectivity index (χ0v) is 12.2. The number of hydrogen-bond donors (Lipinski definition) is 1. The third-order valence-electron chi connectivity index (χ3n) is 4.52. The molecule has 5 heteroatoms. The SMILES string of the molecule is C.C[C@H](c1ccc(C(C)(F)F)cc1F)C1(C#N)CCNCC1. The molecule has 1 saturated heterocycles. The van der Waals surface area contributed by atoms with Gasteiger partial charge in [-0.15, -0.1) is 0 Å². The van der Waals surface area contributed by atoms with Crippen LogP contribution in [0.4, 0.5) is 13.2 Å². The number of hydrogen-bond acceptors (Lipinski definition) is 2. The van der Waals surface area contributed by atoms with E-state index in [4.69, 9.17) is 0 Å². The smallest absolute Gasteiger partial charge is 0.270 e. The lowest BCUT2D eigenvalue weighted by atomic mass is 9.68. The summed E-state index contributed by atoms with van der Waals surface area (Å²) in [6, 6.07) is 5.87. The van der Waals surface area contributed by atoms with Gasteiger partial charge in [0.05, 0.1) is 11.5 Å². The van der Waals surface area contributed by atoms with Gasteiger partial charge in [0, 0.05) is 18.4 Å². The molecular weight excluding hydrogens is 289 g/mol. The van der Waals surface area contributed by atoms with Crippen LogP contribution in [0.5, 0.6) is 0 Å². The van der Waals surface area contributed by atoms with E-state index in [1.807, 2.05) is 0 Å². The van der Waals surface area contributed by atoms with E-state index in [0.29, 0.717) is 31.5 Å². The predicted molar refractivity (Wildman–Crippen MR) is 81.3 cm³/mol. The van der Waals surface area contributed by atoms with Gasteiger partial charge in [-0.3, -0.25) is 0 Å². The maximum Gasteiger partial charge on any atom is 0.270 e. The molecule has 0 aliphatic carbocycles. The molecule has 0 bridgehead atoms. The molecule has 2 nitrogen and oxygen atoms in total. The largest absolute Gasteiger partial charge is 0.317 e. The zero-order valence-electron chi connectivity index (χ0n) is 12.2. The van der Waals surface area contributed by atoms with Gasteiger partial charge in [0.2, 0.25) is 0 Å². The Hall–Kier alpha value is -1.54. The standard InChI is InChI=1S/C16H19F3N2.CH4/c1-11(16(10-20)5-7-21-8-6-16)13-4-3-12(9-14(13)17)15(2,18)19;/h3-4,9,11,21H,5-8H2,1-2H3;1H4/t11-;/m1./s1. The quantitative estimate of drug-likeness (QED) is 0.887. The second kappa shape index (κ2) is 6.70.